The zero-order valence-corrected chi connectivity index (χ0v) is 46.3. The number of carbonyl (C=O) groups excluding carboxylic acids is 7. The lowest BCUT2D eigenvalue weighted by Crippen LogP contribution is -2.60. The van der Waals surface area contributed by atoms with Gasteiger partial charge in [0.25, 0.3) is 19.4 Å². The second-order valence-electron chi connectivity index (χ2n) is 19.1. The normalized spacial score (nSPS) is 36.9. The number of imide groups is 2. The average molecular weight is 1120 g/mol. The molecule has 2 N–H and O–H groups in total. The van der Waals surface area contributed by atoms with Crippen LogP contribution in [0.15, 0.2) is 11.6 Å². The number of alkyl halides is 6. The molecular weight excluding hydrogens is 1050 g/mol. The number of rotatable bonds is 10. The molecule has 0 saturated carbocycles. The summed E-state index contributed by atoms with van der Waals surface area (Å²) >= 11 is 34.6. The van der Waals surface area contributed by atoms with Crippen molar-refractivity contribution in [1.29, 1.82) is 0 Å². The fourth-order valence-corrected chi connectivity index (χ4v) is 9.65. The van der Waals surface area contributed by atoms with Gasteiger partial charge in [-0.3, -0.25) is 34.6 Å². The maximum Gasteiger partial charge on any atom is 0.414 e. The van der Waals surface area contributed by atoms with Gasteiger partial charge in [-0.1, -0.05) is 90.4 Å². The Morgan fingerprint density at radius 2 is 1.36 bits per heavy atom. The molecule has 0 aromatic heterocycles. The first-order chi connectivity index (χ1) is 32.0. The molecule has 400 valence electrons. The Balaban J connectivity index is 2.40. The molecule has 3 aliphatic rings. The van der Waals surface area contributed by atoms with Gasteiger partial charge in [-0.25, -0.2) is 9.59 Å². The lowest BCUT2D eigenvalue weighted by molar-refractivity contribution is -0.309. The third-order valence-corrected chi connectivity index (χ3v) is 13.9. The summed E-state index contributed by atoms with van der Waals surface area (Å²) in [5.41, 5.74) is -5.18. The van der Waals surface area contributed by atoms with E-state index in [4.69, 9.17) is 112 Å². The molecule has 0 aliphatic carbocycles. The molecule has 0 bridgehead atoms. The molecule has 25 heteroatoms. The molecule has 3 heterocycles. The maximum atomic E-state index is 14.8. The number of hydrogen-bond acceptors (Lipinski definition) is 17. The summed E-state index contributed by atoms with van der Waals surface area (Å²) < 4.78 is 51.0. The minimum atomic E-state index is -2.60. The second kappa shape index (κ2) is 24.8. The first kappa shape index (κ1) is 62.0. The third kappa shape index (κ3) is 16.4. The van der Waals surface area contributed by atoms with Crippen molar-refractivity contribution in [1.82, 2.24) is 15.5 Å². The number of nitrogens with one attached hydrogen (secondary N) is 2. The Kier molecular flexibility index (Phi) is 22.0. The molecule has 0 spiro atoms. The van der Waals surface area contributed by atoms with Crippen molar-refractivity contribution in [3.8, 4) is 0 Å². The highest BCUT2D eigenvalue weighted by atomic mass is 35.6. The number of hydrogen-bond donors (Lipinski definition) is 2. The van der Waals surface area contributed by atoms with Crippen LogP contribution in [0.1, 0.15) is 108 Å². The van der Waals surface area contributed by atoms with E-state index in [0.717, 1.165) is 0 Å². The van der Waals surface area contributed by atoms with Gasteiger partial charge in [-0.2, -0.15) is 0 Å². The van der Waals surface area contributed by atoms with Crippen LogP contribution in [-0.2, 0) is 66.6 Å². The van der Waals surface area contributed by atoms with Crippen molar-refractivity contribution in [3.63, 3.8) is 0 Å². The van der Waals surface area contributed by atoms with Gasteiger partial charge in [0, 0.05) is 44.8 Å². The van der Waals surface area contributed by atoms with Gasteiger partial charge in [0.1, 0.15) is 23.4 Å². The standard InChI is InChI=1S/C45H67Cl6N3O16/c1-15-29-41(9,69-39(60)52-37(58)44(46,47)48)18-21(2)32(56)22(3)19-43(11,70-40(61)53-38(59)45(49,50)51)34(68-30-17-28(54(12)13)16-23(4)63-30)24(5)33(25(6)36(57)66-29)67-31-20-42(10,62-14)35(26(7)64-31)65-27(8)55/h18,22-26,28-31,33-35H,15-17,19-20H2,1-14H3,(H,52,58,60)(H,53,59,61)/b21-18+/t22-,23-,24+,25-,26+,28+,29-,30+,31+,33+,34-,35+,41+,42-,43-/m1/s1. The second-order valence-corrected chi connectivity index (χ2v) is 23.7. The number of allylic oxidation sites excluding steroid dienone is 1. The van der Waals surface area contributed by atoms with Crippen LogP contribution in [0, 0.1) is 17.8 Å². The van der Waals surface area contributed by atoms with E-state index in [-0.39, 0.29) is 37.0 Å². The van der Waals surface area contributed by atoms with Crippen LogP contribution in [0.3, 0.4) is 0 Å². The molecule has 70 heavy (non-hydrogen) atoms. The van der Waals surface area contributed by atoms with Crippen molar-refractivity contribution < 1.29 is 76.2 Å². The van der Waals surface area contributed by atoms with Crippen LogP contribution in [0.2, 0.25) is 0 Å². The molecule has 4 amide bonds. The Labute approximate surface area is 439 Å². The average Bonchev–Trinajstić information content (AvgIpc) is 3.22. The van der Waals surface area contributed by atoms with Crippen molar-refractivity contribution in [2.45, 2.75) is 188 Å². The van der Waals surface area contributed by atoms with E-state index in [2.05, 4.69) is 0 Å². The van der Waals surface area contributed by atoms with E-state index in [9.17, 15) is 33.6 Å². The molecule has 0 unspecified atom stereocenters. The minimum Gasteiger partial charge on any atom is -0.457 e. The highest BCUT2D eigenvalue weighted by molar-refractivity contribution is 6.77. The van der Waals surface area contributed by atoms with Gasteiger partial charge < -0.3 is 47.5 Å². The van der Waals surface area contributed by atoms with Crippen LogP contribution in [0.5, 0.6) is 0 Å². The van der Waals surface area contributed by atoms with E-state index < -0.39 is 127 Å². The van der Waals surface area contributed by atoms with E-state index in [1.807, 2.05) is 36.6 Å². The van der Waals surface area contributed by atoms with Gasteiger partial charge >= 0.3 is 24.1 Å². The fourth-order valence-electron chi connectivity index (χ4n) is 9.37. The van der Waals surface area contributed by atoms with Gasteiger partial charge in [0.15, 0.2) is 30.1 Å². The first-order valence-corrected chi connectivity index (χ1v) is 24.9. The number of cyclic esters (lactones) is 1. The van der Waals surface area contributed by atoms with Gasteiger partial charge in [-0.05, 0) is 93.5 Å². The number of amides is 4. The Bertz CT molecular complexity index is 1950. The molecule has 3 rings (SSSR count). The zero-order chi connectivity index (χ0) is 53.6. The number of ether oxygens (including phenoxy) is 9. The topological polar surface area (TPSA) is 230 Å². The highest BCUT2D eigenvalue weighted by Gasteiger charge is 2.54. The lowest BCUT2D eigenvalue weighted by Gasteiger charge is -2.49. The fraction of sp³-hybridized carbons (Fsp3) is 0.800. The Morgan fingerprint density at radius 1 is 0.800 bits per heavy atom. The van der Waals surface area contributed by atoms with Crippen LogP contribution >= 0.6 is 69.6 Å². The van der Waals surface area contributed by atoms with Crippen molar-refractivity contribution in [2.24, 2.45) is 17.8 Å². The molecule has 2 fully saturated rings. The molecule has 2 saturated heterocycles. The Hall–Kier alpha value is -2.27. The number of alkyl carbamates (subject to hydrolysis) is 2. The van der Waals surface area contributed by atoms with Crippen LogP contribution < -0.4 is 10.6 Å². The van der Waals surface area contributed by atoms with Gasteiger partial charge in [0.2, 0.25) is 0 Å². The van der Waals surface area contributed by atoms with Crippen LogP contribution in [-0.4, -0.2) is 147 Å². The monoisotopic (exact) mass is 1120 g/mol. The quantitative estimate of drug-likeness (QED) is 0.122. The molecule has 0 aromatic rings. The molecular formula is C45H67Cl6N3O16. The number of carbonyl (C=O) groups is 7. The number of halogens is 6. The molecule has 0 aromatic carbocycles. The summed E-state index contributed by atoms with van der Waals surface area (Å²) in [5.74, 6) is -8.23. The van der Waals surface area contributed by atoms with Crippen molar-refractivity contribution in [2.75, 3.05) is 21.2 Å². The third-order valence-electron chi connectivity index (χ3n) is 12.9. The van der Waals surface area contributed by atoms with Crippen LogP contribution in [0.4, 0.5) is 9.59 Å². The predicted molar refractivity (Wildman–Crippen MR) is 258 cm³/mol. The van der Waals surface area contributed by atoms with Crippen molar-refractivity contribution >= 4 is 111 Å². The number of nitrogens with zero attached hydrogens (tertiary/aromatic N) is 1. The van der Waals surface area contributed by atoms with Crippen LogP contribution in [0.25, 0.3) is 0 Å². The Morgan fingerprint density at radius 3 is 1.86 bits per heavy atom. The van der Waals surface area contributed by atoms with E-state index in [1.54, 1.807) is 34.6 Å². The summed E-state index contributed by atoms with van der Waals surface area (Å²) in [5, 5.41) is 3.76. The largest absolute Gasteiger partial charge is 0.457 e. The molecule has 19 nitrogen and oxygen atoms in total. The SMILES string of the molecule is CC[C@H]1OC(=O)[C@H](C)[C@@H](O[C@H]2C[C@@](C)(OC)[C@@H](OC(C)=O)[C@H](C)O2)[C@H](C)[C@@H](O[C@H]2C[C@@H](N(C)C)C[C@@H](C)O2)[C@](C)(OC(=O)NC(=O)C(Cl)(Cl)Cl)C[C@@H](C)C(=O)/C(C)=C/[C@]1(C)OC(=O)NC(=O)C(Cl)(Cl)Cl. The van der Waals surface area contributed by atoms with Crippen molar-refractivity contribution in [3.05, 3.63) is 11.6 Å². The summed E-state index contributed by atoms with van der Waals surface area (Å²) in [4.78, 5) is 96.3. The number of esters is 2. The number of ketones is 1. The summed E-state index contributed by atoms with van der Waals surface area (Å²) in [7, 11) is 5.25. The molecule has 3 aliphatic heterocycles. The lowest BCUT2D eigenvalue weighted by atomic mass is 9.76. The smallest absolute Gasteiger partial charge is 0.414 e. The van der Waals surface area contributed by atoms with Gasteiger partial charge in [-0.15, -0.1) is 0 Å². The van der Waals surface area contributed by atoms with Gasteiger partial charge in [0.05, 0.1) is 24.2 Å². The number of methoxy groups -OCH3 is 1. The first-order valence-electron chi connectivity index (χ1n) is 22.7. The summed E-state index contributed by atoms with van der Waals surface area (Å²) in [6.07, 6.45) is -9.28. The summed E-state index contributed by atoms with van der Waals surface area (Å²) in [6, 6.07) is -0.0479. The van der Waals surface area contributed by atoms with E-state index >= 15 is 0 Å². The molecule has 15 atom stereocenters. The highest BCUT2D eigenvalue weighted by Crippen LogP contribution is 2.42. The zero-order valence-electron chi connectivity index (χ0n) is 41.8. The number of Topliss-reactive ketones (excluding diaryl/α,β-unsaturated/α-hetero) is 1. The maximum absolute atomic E-state index is 14.8. The van der Waals surface area contributed by atoms with E-state index in [0.29, 0.717) is 12.8 Å². The van der Waals surface area contributed by atoms with E-state index in [1.165, 1.54) is 47.8 Å². The molecule has 0 radical (unpaired) electrons. The summed E-state index contributed by atoms with van der Waals surface area (Å²) in [6.45, 7) is 17.1. The minimum absolute atomic E-state index is 0.0184. The predicted octanol–water partition coefficient (Wildman–Crippen LogP) is 7.60.